The molecule has 0 spiro atoms. The first-order valence-corrected chi connectivity index (χ1v) is 15.3. The van der Waals surface area contributed by atoms with Crippen LogP contribution in [0.3, 0.4) is 0 Å². The molecule has 2 aliphatic heterocycles. The SMILES string of the molecule is CC(C)c1ncnc2c1-n1c(=O)nc(N3CC(C)N(C(=O)/C=C/CF)CC3C)c3cc(F)c(nc31)-c1c(F)cccc1OCCC2. The second kappa shape index (κ2) is 12.5. The standard InChI is InChI=1S/C33H34F3N7O3/c1-18(2)28-30-24(37-17-38-28)9-7-13-46-25-10-5-8-22(35)27(25)29-23(36)14-21-31(40-33(45)43(30)32(21)39-29)42-16-19(3)41(15-20(42)4)26(44)11-6-12-34/h5-6,8,10-11,14,17-20H,7,9,12-13,15-16H2,1-4H3/b11-6+. The number of nitrogens with zero attached hydrogens (tertiary/aromatic N) is 7. The molecule has 3 aromatic heterocycles. The first-order valence-electron chi connectivity index (χ1n) is 15.3. The lowest BCUT2D eigenvalue weighted by molar-refractivity contribution is -0.128. The molecule has 0 radical (unpaired) electrons. The summed E-state index contributed by atoms with van der Waals surface area (Å²) in [4.78, 5) is 48.6. The first kappa shape index (κ1) is 31.2. The van der Waals surface area contributed by atoms with E-state index >= 15 is 8.78 Å². The van der Waals surface area contributed by atoms with Crippen molar-refractivity contribution in [3.63, 3.8) is 0 Å². The molecule has 4 aromatic rings. The van der Waals surface area contributed by atoms with E-state index in [0.717, 1.165) is 6.08 Å². The third kappa shape index (κ3) is 5.47. The van der Waals surface area contributed by atoms with E-state index in [0.29, 0.717) is 29.9 Å². The van der Waals surface area contributed by atoms with Crippen LogP contribution in [0.15, 0.2) is 47.5 Å². The topological polar surface area (TPSA) is 106 Å². The van der Waals surface area contributed by atoms with E-state index in [4.69, 9.17) is 4.74 Å². The minimum atomic E-state index is -0.827. The van der Waals surface area contributed by atoms with Crippen LogP contribution in [-0.4, -0.2) is 73.8 Å². The van der Waals surface area contributed by atoms with E-state index in [2.05, 4.69) is 19.9 Å². The Hall–Kier alpha value is -4.81. The lowest BCUT2D eigenvalue weighted by Gasteiger charge is -2.44. The lowest BCUT2D eigenvalue weighted by Crippen LogP contribution is -2.58. The summed E-state index contributed by atoms with van der Waals surface area (Å²) in [6.07, 6.45) is 4.70. The van der Waals surface area contributed by atoms with Crippen molar-refractivity contribution >= 4 is 22.8 Å². The van der Waals surface area contributed by atoms with Gasteiger partial charge in [-0.25, -0.2) is 37.5 Å². The van der Waals surface area contributed by atoms with Crippen LogP contribution < -0.4 is 15.3 Å². The summed E-state index contributed by atoms with van der Waals surface area (Å²) in [6.45, 7) is 7.51. The number of anilines is 1. The molecule has 2 aliphatic rings. The number of aryl methyl sites for hydroxylation is 1. The molecule has 5 heterocycles. The van der Waals surface area contributed by atoms with Gasteiger partial charge in [-0.1, -0.05) is 19.9 Å². The fraction of sp³-hybridized carbons (Fsp3) is 0.394. The van der Waals surface area contributed by atoms with Gasteiger partial charge in [0.15, 0.2) is 11.5 Å². The van der Waals surface area contributed by atoms with Gasteiger partial charge in [0, 0.05) is 31.2 Å². The van der Waals surface area contributed by atoms with Crippen LogP contribution in [0.5, 0.6) is 5.75 Å². The summed E-state index contributed by atoms with van der Waals surface area (Å²) in [5.41, 5.74) is 0.470. The summed E-state index contributed by atoms with van der Waals surface area (Å²) in [5, 5.41) is 0.220. The Labute approximate surface area is 263 Å². The normalized spacial score (nSPS) is 18.3. The van der Waals surface area contributed by atoms with Crippen molar-refractivity contribution in [3.05, 3.63) is 76.3 Å². The van der Waals surface area contributed by atoms with Crippen LogP contribution >= 0.6 is 0 Å². The first-order chi connectivity index (χ1) is 22.1. The van der Waals surface area contributed by atoms with Crippen molar-refractivity contribution in [3.8, 4) is 22.7 Å². The molecular formula is C33H34F3N7O3. The Morgan fingerprint density at radius 2 is 1.91 bits per heavy atom. The number of halogens is 3. The van der Waals surface area contributed by atoms with Crippen molar-refractivity contribution in [1.82, 2.24) is 29.4 Å². The zero-order chi connectivity index (χ0) is 32.7. The molecule has 1 saturated heterocycles. The number of pyridine rings is 1. The van der Waals surface area contributed by atoms with Gasteiger partial charge in [-0.15, -0.1) is 0 Å². The van der Waals surface area contributed by atoms with Gasteiger partial charge >= 0.3 is 5.69 Å². The van der Waals surface area contributed by atoms with Crippen molar-refractivity contribution < 1.29 is 22.7 Å². The van der Waals surface area contributed by atoms with Crippen molar-refractivity contribution in [1.29, 1.82) is 0 Å². The molecule has 1 aromatic carbocycles. The molecule has 1 fully saturated rings. The number of hydrogen-bond donors (Lipinski definition) is 0. The van der Waals surface area contributed by atoms with Crippen LogP contribution in [-0.2, 0) is 11.2 Å². The Kier molecular flexibility index (Phi) is 8.49. The number of fused-ring (bicyclic) bond motifs is 5. The predicted molar refractivity (Wildman–Crippen MR) is 167 cm³/mol. The maximum absolute atomic E-state index is 16.2. The molecule has 46 heavy (non-hydrogen) atoms. The average Bonchev–Trinajstić information content (AvgIpc) is 3.02. The van der Waals surface area contributed by atoms with E-state index in [-0.39, 0.29) is 77.5 Å². The fourth-order valence-corrected chi connectivity index (χ4v) is 6.23. The summed E-state index contributed by atoms with van der Waals surface area (Å²) >= 11 is 0. The van der Waals surface area contributed by atoms with Crippen LogP contribution in [0, 0.1) is 11.6 Å². The van der Waals surface area contributed by atoms with Gasteiger partial charge in [0.05, 0.1) is 34.6 Å². The minimum absolute atomic E-state index is 0.0587. The third-order valence-electron chi connectivity index (χ3n) is 8.42. The molecular weight excluding hydrogens is 599 g/mol. The fourth-order valence-electron chi connectivity index (χ4n) is 6.23. The van der Waals surface area contributed by atoms with Crippen molar-refractivity contribution in [2.24, 2.45) is 0 Å². The summed E-state index contributed by atoms with van der Waals surface area (Å²) in [5.74, 6) is -1.69. The molecule has 13 heteroatoms. The summed E-state index contributed by atoms with van der Waals surface area (Å²) < 4.78 is 51.6. The van der Waals surface area contributed by atoms with Crippen LogP contribution in [0.1, 0.15) is 51.4 Å². The number of aromatic nitrogens is 5. The molecule has 2 atom stereocenters. The summed E-state index contributed by atoms with van der Waals surface area (Å²) in [7, 11) is 0. The van der Waals surface area contributed by atoms with E-state index < -0.39 is 24.0 Å². The number of ether oxygens (including phenoxy) is 1. The number of alkyl halides is 1. The highest BCUT2D eigenvalue weighted by molar-refractivity contribution is 5.92. The number of amides is 1. The molecule has 240 valence electrons. The van der Waals surface area contributed by atoms with Gasteiger partial charge in [0.2, 0.25) is 5.91 Å². The van der Waals surface area contributed by atoms with Crippen LogP contribution in [0.25, 0.3) is 28.0 Å². The number of hydrogen-bond acceptors (Lipinski definition) is 8. The largest absolute Gasteiger partial charge is 0.493 e. The molecule has 0 saturated carbocycles. The highest BCUT2D eigenvalue weighted by Crippen LogP contribution is 2.38. The van der Waals surface area contributed by atoms with E-state index in [1.807, 2.05) is 32.6 Å². The van der Waals surface area contributed by atoms with Gasteiger partial charge in [-0.3, -0.25) is 4.79 Å². The Morgan fingerprint density at radius 1 is 1.11 bits per heavy atom. The van der Waals surface area contributed by atoms with Gasteiger partial charge in [-0.05, 0) is 56.9 Å². The van der Waals surface area contributed by atoms with Crippen LogP contribution in [0.2, 0.25) is 0 Å². The molecule has 2 unspecified atom stereocenters. The lowest BCUT2D eigenvalue weighted by atomic mass is 10.0. The molecule has 6 rings (SSSR count). The number of piperazine rings is 1. The Balaban J connectivity index is 1.63. The maximum Gasteiger partial charge on any atom is 0.355 e. The third-order valence-corrected chi connectivity index (χ3v) is 8.42. The van der Waals surface area contributed by atoms with E-state index in [1.54, 1.807) is 11.0 Å². The van der Waals surface area contributed by atoms with Gasteiger partial charge in [-0.2, -0.15) is 4.98 Å². The van der Waals surface area contributed by atoms with Gasteiger partial charge < -0.3 is 14.5 Å². The number of allylic oxidation sites excluding steroid dienone is 1. The molecule has 1 amide bonds. The van der Waals surface area contributed by atoms with Gasteiger partial charge in [0.1, 0.15) is 36.1 Å². The summed E-state index contributed by atoms with van der Waals surface area (Å²) in [6, 6.07) is 4.76. The van der Waals surface area contributed by atoms with E-state index in [9.17, 15) is 14.0 Å². The molecule has 0 aliphatic carbocycles. The zero-order valence-corrected chi connectivity index (χ0v) is 26.0. The Morgan fingerprint density at radius 3 is 2.67 bits per heavy atom. The van der Waals surface area contributed by atoms with E-state index in [1.165, 1.54) is 35.2 Å². The second-order valence-corrected chi connectivity index (χ2v) is 11.9. The highest BCUT2D eigenvalue weighted by Gasteiger charge is 2.35. The number of carbonyl (C=O) groups excluding carboxylic acids is 1. The molecule has 2 bridgehead atoms. The van der Waals surface area contributed by atoms with Crippen molar-refractivity contribution in [2.75, 3.05) is 31.3 Å². The van der Waals surface area contributed by atoms with Gasteiger partial charge in [0.25, 0.3) is 0 Å². The highest BCUT2D eigenvalue weighted by atomic mass is 19.1. The maximum atomic E-state index is 16.2. The quantitative estimate of drug-likeness (QED) is 0.292. The number of rotatable bonds is 4. The number of benzene rings is 1. The zero-order valence-electron chi connectivity index (χ0n) is 26.0. The predicted octanol–water partition coefficient (Wildman–Crippen LogP) is 4.92. The van der Waals surface area contributed by atoms with Crippen LogP contribution in [0.4, 0.5) is 19.0 Å². The molecule has 10 nitrogen and oxygen atoms in total. The van der Waals surface area contributed by atoms with Crippen molar-refractivity contribution in [2.45, 2.75) is 58.5 Å². The second-order valence-electron chi connectivity index (χ2n) is 11.9. The smallest absolute Gasteiger partial charge is 0.355 e. The molecule has 0 N–H and O–H groups in total. The Bertz CT molecular complexity index is 1910. The average molecular weight is 634 g/mol. The monoisotopic (exact) mass is 633 g/mol. The number of carbonyl (C=O) groups is 1. The minimum Gasteiger partial charge on any atom is -0.493 e.